The van der Waals surface area contributed by atoms with Crippen LogP contribution in [-0.4, -0.2) is 16.7 Å². The van der Waals surface area contributed by atoms with Crippen LogP contribution in [0.4, 0.5) is 0 Å². The van der Waals surface area contributed by atoms with Crippen molar-refractivity contribution in [3.05, 3.63) is 51.8 Å². The van der Waals surface area contributed by atoms with E-state index in [0.717, 1.165) is 0 Å². The molecule has 2 aromatic rings. The largest absolute Gasteiger partial charge is 0.426 e. The van der Waals surface area contributed by atoms with E-state index in [1.807, 2.05) is 0 Å². The van der Waals surface area contributed by atoms with Crippen LogP contribution in [0.1, 0.15) is 23.0 Å². The van der Waals surface area contributed by atoms with Gasteiger partial charge in [0.05, 0.1) is 16.3 Å². The van der Waals surface area contributed by atoms with Crippen LogP contribution >= 0.6 is 23.2 Å². The number of aromatic nitrogens is 1. The number of aromatic amines is 1. The zero-order chi connectivity index (χ0) is 14.0. The van der Waals surface area contributed by atoms with Crippen molar-refractivity contribution in [3.63, 3.8) is 0 Å². The fraction of sp³-hybridized carbons (Fsp3) is 0.0769. The van der Waals surface area contributed by atoms with Gasteiger partial charge in [-0.15, -0.1) is 0 Å². The van der Waals surface area contributed by atoms with Gasteiger partial charge in [-0.05, 0) is 18.2 Å². The number of carbonyl (C=O) groups is 2. The summed E-state index contributed by atoms with van der Waals surface area (Å²) >= 11 is 11.5. The Morgan fingerprint density at radius 3 is 2.47 bits per heavy atom. The molecule has 0 aliphatic carbocycles. The van der Waals surface area contributed by atoms with E-state index in [1.54, 1.807) is 24.3 Å². The van der Waals surface area contributed by atoms with Gasteiger partial charge < -0.3 is 9.72 Å². The molecule has 0 amide bonds. The molecule has 1 heterocycles. The van der Waals surface area contributed by atoms with Gasteiger partial charge in [0, 0.05) is 6.92 Å². The number of carbonyl (C=O) groups excluding carboxylic acids is 2. The summed E-state index contributed by atoms with van der Waals surface area (Å²) in [6.45, 7) is 1.27. The summed E-state index contributed by atoms with van der Waals surface area (Å²) in [5, 5.41) is 0.449. The summed E-state index contributed by atoms with van der Waals surface area (Å²) in [7, 11) is 0. The van der Waals surface area contributed by atoms with E-state index in [-0.39, 0.29) is 33.0 Å². The zero-order valence-electron chi connectivity index (χ0n) is 9.87. The summed E-state index contributed by atoms with van der Waals surface area (Å²) in [5.74, 6) is -0.657. The molecule has 0 unspecified atom stereocenters. The van der Waals surface area contributed by atoms with Gasteiger partial charge in [-0.25, -0.2) is 0 Å². The molecule has 0 spiro atoms. The molecule has 0 fully saturated rings. The van der Waals surface area contributed by atoms with Gasteiger partial charge in [-0.1, -0.05) is 35.3 Å². The van der Waals surface area contributed by atoms with Crippen LogP contribution in [0.15, 0.2) is 30.3 Å². The summed E-state index contributed by atoms with van der Waals surface area (Å²) in [5.41, 5.74) is 0.488. The molecule has 0 radical (unpaired) electrons. The van der Waals surface area contributed by atoms with Crippen molar-refractivity contribution >= 4 is 35.0 Å². The van der Waals surface area contributed by atoms with Crippen molar-refractivity contribution in [2.24, 2.45) is 0 Å². The van der Waals surface area contributed by atoms with E-state index in [2.05, 4.69) is 4.98 Å². The van der Waals surface area contributed by atoms with Crippen LogP contribution in [0.3, 0.4) is 0 Å². The first-order valence-corrected chi connectivity index (χ1v) is 6.11. The Morgan fingerprint density at radius 2 is 1.89 bits per heavy atom. The first-order chi connectivity index (χ1) is 8.99. The van der Waals surface area contributed by atoms with Crippen molar-refractivity contribution in [1.29, 1.82) is 0 Å². The summed E-state index contributed by atoms with van der Waals surface area (Å²) in [6.07, 6.45) is 0. The van der Waals surface area contributed by atoms with Gasteiger partial charge >= 0.3 is 5.97 Å². The lowest BCUT2D eigenvalue weighted by molar-refractivity contribution is -0.131. The Hall–Kier alpha value is -1.78. The SMILES string of the molecule is CC(=O)Oc1ccccc1C(=O)c1cc(Cl)c(Cl)[nH]1. The van der Waals surface area contributed by atoms with Gasteiger partial charge in [0.25, 0.3) is 0 Å². The Balaban J connectivity index is 2.41. The maximum absolute atomic E-state index is 12.3. The predicted molar refractivity (Wildman–Crippen MR) is 72.0 cm³/mol. The number of H-pyrrole nitrogens is 1. The molecule has 1 aromatic carbocycles. The molecule has 1 N–H and O–H groups in total. The van der Waals surface area contributed by atoms with E-state index < -0.39 is 5.97 Å². The highest BCUT2D eigenvalue weighted by Gasteiger charge is 2.18. The van der Waals surface area contributed by atoms with Crippen LogP contribution in [0.5, 0.6) is 5.75 Å². The quantitative estimate of drug-likeness (QED) is 0.536. The molecule has 98 valence electrons. The molecule has 2 rings (SSSR count). The highest BCUT2D eigenvalue weighted by Crippen LogP contribution is 2.26. The van der Waals surface area contributed by atoms with Crippen molar-refractivity contribution in [2.75, 3.05) is 0 Å². The second kappa shape index (κ2) is 5.47. The monoisotopic (exact) mass is 297 g/mol. The van der Waals surface area contributed by atoms with Crippen LogP contribution in [-0.2, 0) is 4.79 Å². The lowest BCUT2D eigenvalue weighted by Crippen LogP contribution is -2.08. The standard InChI is InChI=1S/C13H9Cl2NO3/c1-7(17)19-11-5-3-2-4-8(11)12(18)10-6-9(14)13(15)16-10/h2-6,16H,1H3. The average Bonchev–Trinajstić information content (AvgIpc) is 2.69. The summed E-state index contributed by atoms with van der Waals surface area (Å²) in [4.78, 5) is 25.9. The van der Waals surface area contributed by atoms with Crippen molar-refractivity contribution in [3.8, 4) is 5.75 Å². The number of esters is 1. The van der Waals surface area contributed by atoms with Crippen molar-refractivity contribution < 1.29 is 14.3 Å². The minimum atomic E-state index is -0.497. The van der Waals surface area contributed by atoms with Gasteiger partial charge in [0.1, 0.15) is 10.9 Å². The maximum Gasteiger partial charge on any atom is 0.308 e. The Bertz CT molecular complexity index is 630. The van der Waals surface area contributed by atoms with E-state index in [4.69, 9.17) is 27.9 Å². The number of hydrogen-bond donors (Lipinski definition) is 1. The highest BCUT2D eigenvalue weighted by molar-refractivity contribution is 6.41. The molecular formula is C13H9Cl2NO3. The fourth-order valence-electron chi connectivity index (χ4n) is 1.57. The second-order valence-corrected chi connectivity index (χ2v) is 4.55. The van der Waals surface area contributed by atoms with E-state index in [9.17, 15) is 9.59 Å². The van der Waals surface area contributed by atoms with Crippen molar-refractivity contribution in [1.82, 2.24) is 4.98 Å². The van der Waals surface area contributed by atoms with E-state index in [1.165, 1.54) is 13.0 Å². The van der Waals surface area contributed by atoms with Crippen molar-refractivity contribution in [2.45, 2.75) is 6.92 Å². The fourth-order valence-corrected chi connectivity index (χ4v) is 1.88. The number of para-hydroxylation sites is 1. The molecule has 19 heavy (non-hydrogen) atoms. The van der Waals surface area contributed by atoms with Crippen LogP contribution in [0, 0.1) is 0 Å². The second-order valence-electron chi connectivity index (χ2n) is 3.76. The Labute approximate surface area is 119 Å². The van der Waals surface area contributed by atoms with Crippen LogP contribution < -0.4 is 4.74 Å². The third-order valence-corrected chi connectivity index (χ3v) is 3.05. The number of ketones is 1. The minimum Gasteiger partial charge on any atom is -0.426 e. The number of hydrogen-bond acceptors (Lipinski definition) is 3. The highest BCUT2D eigenvalue weighted by atomic mass is 35.5. The van der Waals surface area contributed by atoms with E-state index >= 15 is 0 Å². The number of benzene rings is 1. The van der Waals surface area contributed by atoms with Gasteiger partial charge in [-0.3, -0.25) is 9.59 Å². The smallest absolute Gasteiger partial charge is 0.308 e. The minimum absolute atomic E-state index is 0.190. The van der Waals surface area contributed by atoms with Crippen LogP contribution in [0.25, 0.3) is 0 Å². The summed E-state index contributed by atoms with van der Waals surface area (Å²) < 4.78 is 4.99. The molecule has 0 saturated carbocycles. The first-order valence-electron chi connectivity index (χ1n) is 5.35. The van der Waals surface area contributed by atoms with E-state index in [0.29, 0.717) is 0 Å². The Kier molecular flexibility index (Phi) is 3.93. The van der Waals surface area contributed by atoms with Gasteiger partial charge in [0.15, 0.2) is 0 Å². The number of rotatable bonds is 3. The van der Waals surface area contributed by atoms with Gasteiger partial charge in [0.2, 0.25) is 5.78 Å². The normalized spacial score (nSPS) is 10.3. The number of halogens is 2. The first kappa shape index (κ1) is 13.6. The molecule has 6 heteroatoms. The molecule has 4 nitrogen and oxygen atoms in total. The average molecular weight is 298 g/mol. The molecular weight excluding hydrogens is 289 g/mol. The van der Waals surface area contributed by atoms with Gasteiger partial charge in [-0.2, -0.15) is 0 Å². The molecule has 0 bridgehead atoms. The summed E-state index contributed by atoms with van der Waals surface area (Å²) in [6, 6.07) is 7.87. The van der Waals surface area contributed by atoms with Crippen LogP contribution in [0.2, 0.25) is 10.2 Å². The predicted octanol–water partition coefficient (Wildman–Crippen LogP) is 3.48. The third kappa shape index (κ3) is 2.97. The number of ether oxygens (including phenoxy) is 1. The number of nitrogens with one attached hydrogen (secondary N) is 1. The third-order valence-electron chi connectivity index (χ3n) is 2.36. The molecule has 0 atom stereocenters. The molecule has 0 aliphatic rings. The Morgan fingerprint density at radius 1 is 1.21 bits per heavy atom. The molecule has 0 aliphatic heterocycles. The molecule has 0 saturated heterocycles. The molecule has 1 aromatic heterocycles. The topological polar surface area (TPSA) is 59.2 Å². The zero-order valence-corrected chi connectivity index (χ0v) is 11.4. The lowest BCUT2D eigenvalue weighted by Gasteiger charge is -2.06. The maximum atomic E-state index is 12.3. The lowest BCUT2D eigenvalue weighted by atomic mass is 10.1.